The van der Waals surface area contributed by atoms with E-state index in [-0.39, 0.29) is 11.7 Å². The first-order valence-electron chi connectivity index (χ1n) is 6.74. The van der Waals surface area contributed by atoms with Gasteiger partial charge in [-0.2, -0.15) is 0 Å². The average Bonchev–Trinajstić information content (AvgIpc) is 2.25. The second kappa shape index (κ2) is 6.19. The summed E-state index contributed by atoms with van der Waals surface area (Å²) in [6.07, 6.45) is 4.35. The van der Waals surface area contributed by atoms with Crippen molar-refractivity contribution in [3.05, 3.63) is 45.7 Å². The molecular weight excluding hydrogens is 307 g/mol. The third kappa shape index (κ3) is 4.15. The van der Waals surface area contributed by atoms with E-state index in [0.29, 0.717) is 12.3 Å². The van der Waals surface area contributed by atoms with Crippen molar-refractivity contribution in [3.8, 4) is 0 Å². The van der Waals surface area contributed by atoms with Crippen LogP contribution in [0.5, 0.6) is 0 Å². The Morgan fingerprint density at radius 1 is 1.42 bits per heavy atom. The van der Waals surface area contributed by atoms with Crippen LogP contribution in [0.3, 0.4) is 0 Å². The van der Waals surface area contributed by atoms with Crippen molar-refractivity contribution in [2.24, 2.45) is 11.8 Å². The van der Waals surface area contributed by atoms with Crippen LogP contribution in [-0.2, 0) is 6.42 Å². The molecule has 1 nitrogen and oxygen atoms in total. The summed E-state index contributed by atoms with van der Waals surface area (Å²) in [7, 11) is 0. The molecule has 3 unspecified atom stereocenters. The number of hydrogen-bond donors (Lipinski definition) is 1. The van der Waals surface area contributed by atoms with E-state index in [0.717, 1.165) is 22.9 Å². The fraction of sp³-hybridized carbons (Fsp3) is 0.500. The summed E-state index contributed by atoms with van der Waals surface area (Å²) >= 11 is 3.29. The minimum atomic E-state index is -0.403. The zero-order chi connectivity index (χ0) is 14.0. The second-order valence-corrected chi connectivity index (χ2v) is 6.66. The second-order valence-electron chi connectivity index (χ2n) is 5.74. The van der Waals surface area contributed by atoms with Gasteiger partial charge < -0.3 is 5.11 Å². The molecule has 1 aromatic rings. The molecule has 2 rings (SSSR count). The Morgan fingerprint density at radius 3 is 2.79 bits per heavy atom. The predicted octanol–water partition coefficient (Wildman–Crippen LogP) is 4.48. The Bertz CT molecular complexity index is 463. The predicted molar refractivity (Wildman–Crippen MR) is 79.5 cm³/mol. The van der Waals surface area contributed by atoms with Crippen LogP contribution in [0.2, 0.25) is 0 Å². The largest absolute Gasteiger partial charge is 0.392 e. The molecule has 104 valence electrons. The van der Waals surface area contributed by atoms with Gasteiger partial charge in [0.05, 0.1) is 6.10 Å². The zero-order valence-corrected chi connectivity index (χ0v) is 13.0. The summed E-state index contributed by atoms with van der Waals surface area (Å²) < 4.78 is 14.0. The van der Waals surface area contributed by atoms with Gasteiger partial charge in [0, 0.05) is 4.47 Å². The summed E-state index contributed by atoms with van der Waals surface area (Å²) in [5.74, 6) is 0.541. The van der Waals surface area contributed by atoms with Crippen molar-refractivity contribution in [2.75, 3.05) is 0 Å². The van der Waals surface area contributed by atoms with Gasteiger partial charge in [-0.1, -0.05) is 34.5 Å². The lowest BCUT2D eigenvalue weighted by Gasteiger charge is -2.29. The van der Waals surface area contributed by atoms with Crippen molar-refractivity contribution < 1.29 is 9.50 Å². The number of aliphatic hydroxyl groups excluding tert-OH is 1. The fourth-order valence-corrected chi connectivity index (χ4v) is 3.54. The van der Waals surface area contributed by atoms with Crippen molar-refractivity contribution >= 4 is 15.9 Å². The molecule has 1 aliphatic rings. The van der Waals surface area contributed by atoms with E-state index in [1.54, 1.807) is 0 Å². The molecule has 1 aromatic carbocycles. The van der Waals surface area contributed by atoms with E-state index in [2.05, 4.69) is 35.9 Å². The monoisotopic (exact) mass is 326 g/mol. The molecule has 0 bridgehead atoms. The van der Waals surface area contributed by atoms with E-state index in [4.69, 9.17) is 0 Å². The first kappa shape index (κ1) is 14.7. The smallest absolute Gasteiger partial charge is 0.124 e. The fourth-order valence-electron chi connectivity index (χ4n) is 3.03. The van der Waals surface area contributed by atoms with Crippen LogP contribution >= 0.6 is 15.9 Å². The molecule has 1 aliphatic carbocycles. The quantitative estimate of drug-likeness (QED) is 0.812. The van der Waals surface area contributed by atoms with Gasteiger partial charge in [0.25, 0.3) is 0 Å². The van der Waals surface area contributed by atoms with Gasteiger partial charge in [-0.3, -0.25) is 0 Å². The Kier molecular flexibility index (Phi) is 4.80. The molecule has 0 saturated carbocycles. The summed E-state index contributed by atoms with van der Waals surface area (Å²) in [4.78, 5) is 0. The average molecular weight is 327 g/mol. The molecule has 0 radical (unpaired) electrons. The third-order valence-electron chi connectivity index (χ3n) is 3.74. The van der Waals surface area contributed by atoms with Crippen molar-refractivity contribution in [2.45, 2.75) is 39.2 Å². The SMILES string of the molecule is CC1=CC(C)CC(C(O)Cc2cc(F)cc(Br)c2)C1. The molecule has 1 N–H and O–H groups in total. The Morgan fingerprint density at radius 2 is 2.16 bits per heavy atom. The van der Waals surface area contributed by atoms with Gasteiger partial charge in [-0.15, -0.1) is 0 Å². The standard InChI is InChI=1S/C16H20BrFO/c1-10-3-11(2)5-13(4-10)16(19)8-12-6-14(17)9-15(18)7-12/h3,6-7,9-10,13,16,19H,4-5,8H2,1-2H3. The first-order chi connectivity index (χ1) is 8.94. The molecule has 0 amide bonds. The minimum Gasteiger partial charge on any atom is -0.392 e. The Hall–Kier alpha value is -0.670. The van der Waals surface area contributed by atoms with Crippen LogP contribution in [0.25, 0.3) is 0 Å². The number of allylic oxidation sites excluding steroid dienone is 2. The molecule has 3 atom stereocenters. The van der Waals surface area contributed by atoms with Gasteiger partial charge in [0.2, 0.25) is 0 Å². The van der Waals surface area contributed by atoms with Crippen LogP contribution in [0, 0.1) is 17.7 Å². The van der Waals surface area contributed by atoms with Crippen LogP contribution in [0.4, 0.5) is 4.39 Å². The van der Waals surface area contributed by atoms with E-state index in [1.165, 1.54) is 17.7 Å². The lowest BCUT2D eigenvalue weighted by molar-refractivity contribution is 0.0932. The minimum absolute atomic E-state index is 0.260. The number of halogens is 2. The van der Waals surface area contributed by atoms with Gasteiger partial charge in [0.15, 0.2) is 0 Å². The Balaban J connectivity index is 2.04. The van der Waals surface area contributed by atoms with Crippen molar-refractivity contribution in [1.82, 2.24) is 0 Å². The maximum atomic E-state index is 13.3. The highest BCUT2D eigenvalue weighted by Crippen LogP contribution is 2.31. The zero-order valence-electron chi connectivity index (χ0n) is 11.4. The van der Waals surface area contributed by atoms with Crippen LogP contribution in [0.1, 0.15) is 32.3 Å². The highest BCUT2D eigenvalue weighted by Gasteiger charge is 2.25. The number of hydrogen-bond acceptors (Lipinski definition) is 1. The third-order valence-corrected chi connectivity index (χ3v) is 4.20. The van der Waals surface area contributed by atoms with E-state index >= 15 is 0 Å². The van der Waals surface area contributed by atoms with Crippen LogP contribution < -0.4 is 0 Å². The number of aliphatic hydroxyl groups is 1. The van der Waals surface area contributed by atoms with Crippen molar-refractivity contribution in [3.63, 3.8) is 0 Å². The van der Waals surface area contributed by atoms with Gasteiger partial charge in [0.1, 0.15) is 5.82 Å². The maximum Gasteiger partial charge on any atom is 0.124 e. The molecular formula is C16H20BrFO. The van der Waals surface area contributed by atoms with Gasteiger partial charge in [-0.25, -0.2) is 4.39 Å². The highest BCUT2D eigenvalue weighted by molar-refractivity contribution is 9.10. The summed E-state index contributed by atoms with van der Waals surface area (Å²) in [6, 6.07) is 4.82. The van der Waals surface area contributed by atoms with E-state index < -0.39 is 6.10 Å². The lowest BCUT2D eigenvalue weighted by atomic mass is 9.79. The number of rotatable bonds is 3. The van der Waals surface area contributed by atoms with Crippen molar-refractivity contribution in [1.29, 1.82) is 0 Å². The maximum absolute atomic E-state index is 13.3. The van der Waals surface area contributed by atoms with Crippen LogP contribution in [0.15, 0.2) is 34.3 Å². The highest BCUT2D eigenvalue weighted by atomic mass is 79.9. The molecule has 0 heterocycles. The normalized spacial score (nSPS) is 25.0. The molecule has 0 aromatic heterocycles. The lowest BCUT2D eigenvalue weighted by Crippen LogP contribution is -2.27. The van der Waals surface area contributed by atoms with E-state index in [1.807, 2.05) is 6.07 Å². The molecule has 3 heteroatoms. The molecule has 19 heavy (non-hydrogen) atoms. The summed E-state index contributed by atoms with van der Waals surface area (Å²) in [5, 5.41) is 10.4. The summed E-state index contributed by atoms with van der Waals surface area (Å²) in [6.45, 7) is 4.30. The van der Waals surface area contributed by atoms with E-state index in [9.17, 15) is 9.50 Å². The Labute approximate surface area is 122 Å². The number of benzene rings is 1. The van der Waals surface area contributed by atoms with Gasteiger partial charge >= 0.3 is 0 Å². The van der Waals surface area contributed by atoms with Crippen LogP contribution in [-0.4, -0.2) is 11.2 Å². The van der Waals surface area contributed by atoms with Gasteiger partial charge in [-0.05, 0) is 61.8 Å². The topological polar surface area (TPSA) is 20.2 Å². The molecule has 0 aliphatic heterocycles. The molecule has 0 spiro atoms. The molecule has 0 saturated heterocycles. The summed E-state index contributed by atoms with van der Waals surface area (Å²) in [5.41, 5.74) is 2.20. The molecule has 0 fully saturated rings. The first-order valence-corrected chi connectivity index (χ1v) is 7.53.